The molecular weight excluding hydrogens is 406 g/mol. The first-order valence-electron chi connectivity index (χ1n) is 8.09. The SMILES string of the molecule is Cc1cccc(N(C)S(=O)(=O)c2ccsc2C(=O)Nc2ccc(F)c(F)c2)c1. The molecule has 1 heterocycles. The molecule has 0 aliphatic heterocycles. The lowest BCUT2D eigenvalue weighted by Crippen LogP contribution is -2.28. The predicted octanol–water partition coefficient (Wildman–Crippen LogP) is 4.41. The van der Waals surface area contributed by atoms with E-state index in [1.807, 2.05) is 13.0 Å². The van der Waals surface area contributed by atoms with Crippen LogP contribution in [0.4, 0.5) is 20.2 Å². The maximum absolute atomic E-state index is 13.3. The van der Waals surface area contributed by atoms with Crippen LogP contribution in [0.1, 0.15) is 15.2 Å². The average molecular weight is 422 g/mol. The minimum atomic E-state index is -4.00. The summed E-state index contributed by atoms with van der Waals surface area (Å²) in [6.07, 6.45) is 0. The van der Waals surface area contributed by atoms with Crippen molar-refractivity contribution in [3.8, 4) is 0 Å². The maximum Gasteiger partial charge on any atom is 0.267 e. The van der Waals surface area contributed by atoms with Crippen LogP contribution in [0.5, 0.6) is 0 Å². The number of nitrogens with one attached hydrogen (secondary N) is 1. The zero-order valence-electron chi connectivity index (χ0n) is 14.9. The normalized spacial score (nSPS) is 11.3. The van der Waals surface area contributed by atoms with E-state index in [0.29, 0.717) is 5.69 Å². The Labute approximate surface area is 165 Å². The molecule has 2 aromatic carbocycles. The van der Waals surface area contributed by atoms with Crippen molar-refractivity contribution in [2.75, 3.05) is 16.7 Å². The molecule has 0 radical (unpaired) electrons. The van der Waals surface area contributed by atoms with Crippen LogP contribution in [0.3, 0.4) is 0 Å². The van der Waals surface area contributed by atoms with Crippen molar-refractivity contribution in [2.24, 2.45) is 0 Å². The van der Waals surface area contributed by atoms with E-state index in [0.717, 1.165) is 33.3 Å². The van der Waals surface area contributed by atoms with E-state index in [1.54, 1.807) is 18.2 Å². The smallest absolute Gasteiger partial charge is 0.267 e. The van der Waals surface area contributed by atoms with Gasteiger partial charge in [0.15, 0.2) is 11.6 Å². The van der Waals surface area contributed by atoms with Gasteiger partial charge >= 0.3 is 0 Å². The van der Waals surface area contributed by atoms with Gasteiger partial charge in [0.25, 0.3) is 15.9 Å². The van der Waals surface area contributed by atoms with Gasteiger partial charge in [-0.15, -0.1) is 11.3 Å². The monoisotopic (exact) mass is 422 g/mol. The van der Waals surface area contributed by atoms with Gasteiger partial charge in [0, 0.05) is 18.8 Å². The maximum atomic E-state index is 13.3. The Morgan fingerprint density at radius 1 is 1.07 bits per heavy atom. The number of amides is 1. The molecule has 0 fully saturated rings. The van der Waals surface area contributed by atoms with Crippen molar-refractivity contribution in [2.45, 2.75) is 11.8 Å². The molecule has 28 heavy (non-hydrogen) atoms. The van der Waals surface area contributed by atoms with Crippen LogP contribution in [0.25, 0.3) is 0 Å². The van der Waals surface area contributed by atoms with Crippen molar-refractivity contribution < 1.29 is 22.0 Å². The Hall–Kier alpha value is -2.78. The fourth-order valence-electron chi connectivity index (χ4n) is 2.54. The third-order valence-electron chi connectivity index (χ3n) is 4.02. The first-order chi connectivity index (χ1) is 13.2. The number of hydrogen-bond donors (Lipinski definition) is 1. The van der Waals surface area contributed by atoms with E-state index < -0.39 is 27.6 Å². The molecule has 0 bridgehead atoms. The van der Waals surface area contributed by atoms with Gasteiger partial charge in [-0.1, -0.05) is 12.1 Å². The number of carbonyl (C=O) groups is 1. The second kappa shape index (κ2) is 7.69. The molecule has 0 unspecified atom stereocenters. The van der Waals surface area contributed by atoms with E-state index in [4.69, 9.17) is 0 Å². The third kappa shape index (κ3) is 3.90. The van der Waals surface area contributed by atoms with Crippen LogP contribution in [0.2, 0.25) is 0 Å². The summed E-state index contributed by atoms with van der Waals surface area (Å²) < 4.78 is 53.5. The van der Waals surface area contributed by atoms with Crippen LogP contribution in [-0.4, -0.2) is 21.4 Å². The van der Waals surface area contributed by atoms with Gasteiger partial charge < -0.3 is 5.32 Å². The number of halogens is 2. The highest BCUT2D eigenvalue weighted by Crippen LogP contribution is 2.29. The van der Waals surface area contributed by atoms with Crippen LogP contribution < -0.4 is 9.62 Å². The molecular formula is C19H16F2N2O3S2. The van der Waals surface area contributed by atoms with Crippen molar-refractivity contribution in [3.05, 3.63) is 76.0 Å². The largest absolute Gasteiger partial charge is 0.321 e. The van der Waals surface area contributed by atoms with Gasteiger partial charge in [0.05, 0.1) is 5.69 Å². The number of thiophene rings is 1. The number of aryl methyl sites for hydroxylation is 1. The van der Waals surface area contributed by atoms with Crippen LogP contribution >= 0.6 is 11.3 Å². The lowest BCUT2D eigenvalue weighted by Gasteiger charge is -2.20. The summed E-state index contributed by atoms with van der Waals surface area (Å²) in [5, 5.41) is 3.88. The number of rotatable bonds is 5. The summed E-state index contributed by atoms with van der Waals surface area (Å²) >= 11 is 0.941. The van der Waals surface area contributed by atoms with Crippen molar-refractivity contribution in [1.82, 2.24) is 0 Å². The fourth-order valence-corrected chi connectivity index (χ4v) is 5.02. The van der Waals surface area contributed by atoms with Crippen molar-refractivity contribution >= 4 is 38.6 Å². The molecule has 3 rings (SSSR count). The van der Waals surface area contributed by atoms with Crippen LogP contribution in [-0.2, 0) is 10.0 Å². The zero-order chi connectivity index (χ0) is 20.5. The molecule has 1 amide bonds. The third-order valence-corrected chi connectivity index (χ3v) is 6.89. The van der Waals surface area contributed by atoms with E-state index in [-0.39, 0.29) is 15.5 Å². The number of anilines is 2. The quantitative estimate of drug-likeness (QED) is 0.662. The number of nitrogens with zero attached hydrogens (tertiary/aromatic N) is 1. The molecule has 0 saturated carbocycles. The number of hydrogen-bond acceptors (Lipinski definition) is 4. The van der Waals surface area contributed by atoms with Crippen molar-refractivity contribution in [3.63, 3.8) is 0 Å². The molecule has 1 N–H and O–H groups in total. The highest BCUT2D eigenvalue weighted by atomic mass is 32.2. The van der Waals surface area contributed by atoms with Gasteiger partial charge in [-0.3, -0.25) is 9.10 Å². The molecule has 0 aliphatic rings. The van der Waals surface area contributed by atoms with Crippen LogP contribution in [0, 0.1) is 18.6 Å². The number of sulfonamides is 1. The second-order valence-electron chi connectivity index (χ2n) is 6.01. The summed E-state index contributed by atoms with van der Waals surface area (Å²) in [4.78, 5) is 12.3. The highest BCUT2D eigenvalue weighted by molar-refractivity contribution is 7.93. The Kier molecular flexibility index (Phi) is 5.48. The van der Waals surface area contributed by atoms with E-state index >= 15 is 0 Å². The minimum absolute atomic E-state index is 0.0210. The number of carbonyl (C=O) groups excluding carboxylic acids is 1. The second-order valence-corrected chi connectivity index (χ2v) is 8.86. The van der Waals surface area contributed by atoms with E-state index in [9.17, 15) is 22.0 Å². The summed E-state index contributed by atoms with van der Waals surface area (Å²) in [5.41, 5.74) is 1.37. The first-order valence-corrected chi connectivity index (χ1v) is 10.4. The standard InChI is InChI=1S/C19H16F2N2O3S2/c1-12-4-3-5-14(10-12)23(2)28(25,26)17-8-9-27-18(17)19(24)22-13-6-7-15(20)16(21)11-13/h3-11H,1-2H3,(H,22,24). The molecule has 1 aromatic heterocycles. The molecule has 0 aliphatic carbocycles. The Bertz CT molecular complexity index is 1140. The van der Waals surface area contributed by atoms with Gasteiger partial charge in [-0.25, -0.2) is 17.2 Å². The Balaban J connectivity index is 1.91. The minimum Gasteiger partial charge on any atom is -0.321 e. The topological polar surface area (TPSA) is 66.5 Å². The predicted molar refractivity (Wildman–Crippen MR) is 105 cm³/mol. The Morgan fingerprint density at radius 3 is 2.50 bits per heavy atom. The molecule has 0 atom stereocenters. The Morgan fingerprint density at radius 2 is 1.82 bits per heavy atom. The number of benzene rings is 2. The lowest BCUT2D eigenvalue weighted by atomic mass is 10.2. The first kappa shape index (κ1) is 20.0. The van der Waals surface area contributed by atoms with Gasteiger partial charge in [-0.2, -0.15) is 0 Å². The van der Waals surface area contributed by atoms with Crippen molar-refractivity contribution in [1.29, 1.82) is 0 Å². The molecule has 9 heteroatoms. The van der Waals surface area contributed by atoms with Gasteiger partial charge in [0.2, 0.25) is 0 Å². The highest BCUT2D eigenvalue weighted by Gasteiger charge is 2.28. The molecule has 0 spiro atoms. The molecule has 3 aromatic rings. The molecule has 0 saturated heterocycles. The summed E-state index contributed by atoms with van der Waals surface area (Å²) in [6.45, 7) is 1.84. The summed E-state index contributed by atoms with van der Waals surface area (Å²) in [6, 6.07) is 11.2. The summed E-state index contributed by atoms with van der Waals surface area (Å²) in [5.74, 6) is -2.88. The van der Waals surface area contributed by atoms with Gasteiger partial charge in [0.1, 0.15) is 9.77 Å². The van der Waals surface area contributed by atoms with Gasteiger partial charge in [-0.05, 0) is 48.2 Å². The van der Waals surface area contributed by atoms with Crippen LogP contribution in [0.15, 0.2) is 58.8 Å². The fraction of sp³-hybridized carbons (Fsp3) is 0.105. The molecule has 146 valence electrons. The average Bonchev–Trinajstić information content (AvgIpc) is 3.15. The zero-order valence-corrected chi connectivity index (χ0v) is 16.6. The molecule has 5 nitrogen and oxygen atoms in total. The van der Waals surface area contributed by atoms with E-state index in [1.165, 1.54) is 24.6 Å². The van der Waals surface area contributed by atoms with E-state index in [2.05, 4.69) is 5.32 Å². The lowest BCUT2D eigenvalue weighted by molar-refractivity contribution is 0.102. The summed E-state index contributed by atoms with van der Waals surface area (Å²) in [7, 11) is -2.60.